The van der Waals surface area contributed by atoms with Gasteiger partial charge >= 0.3 is 6.18 Å². The van der Waals surface area contributed by atoms with Crippen molar-refractivity contribution in [2.45, 2.75) is 11.1 Å². The number of hydrogen-bond acceptors (Lipinski definition) is 2. The van der Waals surface area contributed by atoms with Crippen LogP contribution in [-0.4, -0.2) is 8.42 Å². The van der Waals surface area contributed by atoms with Crippen molar-refractivity contribution in [2.75, 3.05) is 0 Å². The van der Waals surface area contributed by atoms with Crippen molar-refractivity contribution in [1.82, 2.24) is 4.94 Å². The van der Waals surface area contributed by atoms with E-state index in [2.05, 4.69) is 0 Å². The SMILES string of the molecule is O=S(=O)(NF)c1cc(C(F)(F)F)ccc1-c1ccccc1. The van der Waals surface area contributed by atoms with Crippen molar-refractivity contribution < 1.29 is 26.1 Å². The summed E-state index contributed by atoms with van der Waals surface area (Å²) >= 11 is 0. The smallest absolute Gasteiger partial charge is 0.205 e. The summed E-state index contributed by atoms with van der Waals surface area (Å²) in [6.07, 6.45) is -4.73. The zero-order chi connectivity index (χ0) is 15.7. The van der Waals surface area contributed by atoms with E-state index in [0.29, 0.717) is 16.6 Å². The van der Waals surface area contributed by atoms with Gasteiger partial charge in [-0.05, 0) is 22.6 Å². The summed E-state index contributed by atoms with van der Waals surface area (Å²) in [5, 5.41) is 0. The lowest BCUT2D eigenvalue weighted by Crippen LogP contribution is -2.17. The molecule has 0 bridgehead atoms. The zero-order valence-corrected chi connectivity index (χ0v) is 11.2. The molecule has 0 heterocycles. The fourth-order valence-corrected chi connectivity index (χ4v) is 2.66. The number of hydrogen-bond donors (Lipinski definition) is 1. The number of halogens is 4. The van der Waals surface area contributed by atoms with Gasteiger partial charge in [0.15, 0.2) is 0 Å². The van der Waals surface area contributed by atoms with Gasteiger partial charge in [-0.25, -0.2) is 8.42 Å². The third kappa shape index (κ3) is 3.22. The van der Waals surface area contributed by atoms with Gasteiger partial charge in [0, 0.05) is 5.56 Å². The molecular weight excluding hydrogens is 310 g/mol. The normalized spacial score (nSPS) is 12.4. The first kappa shape index (κ1) is 15.5. The van der Waals surface area contributed by atoms with Gasteiger partial charge in [0.05, 0.1) is 10.5 Å². The molecule has 8 heteroatoms. The third-order valence-electron chi connectivity index (χ3n) is 2.78. The Kier molecular flexibility index (Phi) is 4.02. The minimum absolute atomic E-state index is 0.0197. The van der Waals surface area contributed by atoms with Gasteiger partial charge in [-0.3, -0.25) is 0 Å². The summed E-state index contributed by atoms with van der Waals surface area (Å²) in [5.74, 6) is 0. The molecule has 0 saturated carbocycles. The van der Waals surface area contributed by atoms with E-state index in [4.69, 9.17) is 0 Å². The van der Waals surface area contributed by atoms with Crippen molar-refractivity contribution >= 4 is 10.0 Å². The highest BCUT2D eigenvalue weighted by Gasteiger charge is 2.33. The molecule has 0 atom stereocenters. The first-order chi connectivity index (χ1) is 9.75. The van der Waals surface area contributed by atoms with Crippen molar-refractivity contribution in [3.63, 3.8) is 0 Å². The Morgan fingerprint density at radius 3 is 2.10 bits per heavy atom. The second-order valence-corrected chi connectivity index (χ2v) is 5.76. The van der Waals surface area contributed by atoms with E-state index in [9.17, 15) is 26.1 Å². The van der Waals surface area contributed by atoms with Crippen LogP contribution in [0.5, 0.6) is 0 Å². The van der Waals surface area contributed by atoms with E-state index in [-0.39, 0.29) is 5.56 Å². The minimum Gasteiger partial charge on any atom is -0.205 e. The summed E-state index contributed by atoms with van der Waals surface area (Å²) in [7, 11) is -4.68. The van der Waals surface area contributed by atoms with Crippen LogP contribution < -0.4 is 4.94 Å². The van der Waals surface area contributed by atoms with Crippen LogP contribution in [-0.2, 0) is 16.2 Å². The quantitative estimate of drug-likeness (QED) is 0.695. The van der Waals surface area contributed by atoms with Crippen LogP contribution in [0.2, 0.25) is 0 Å². The number of sulfonamides is 1. The highest BCUT2D eigenvalue weighted by atomic mass is 32.2. The molecule has 0 aliphatic heterocycles. The zero-order valence-electron chi connectivity index (χ0n) is 10.4. The first-order valence-corrected chi connectivity index (χ1v) is 7.13. The maximum absolute atomic E-state index is 12.7. The predicted octanol–water partition coefficient (Wildman–Crippen LogP) is 3.54. The number of rotatable bonds is 3. The fourth-order valence-electron chi connectivity index (χ4n) is 1.82. The predicted molar refractivity (Wildman–Crippen MR) is 68.3 cm³/mol. The van der Waals surface area contributed by atoms with Crippen LogP contribution in [0.25, 0.3) is 11.1 Å². The second kappa shape index (κ2) is 5.45. The van der Waals surface area contributed by atoms with Gasteiger partial charge in [0.25, 0.3) is 10.0 Å². The second-order valence-electron chi connectivity index (χ2n) is 4.16. The maximum Gasteiger partial charge on any atom is 0.416 e. The molecule has 0 aromatic heterocycles. The number of alkyl halides is 3. The highest BCUT2D eigenvalue weighted by Crippen LogP contribution is 2.35. The Balaban J connectivity index is 2.73. The average Bonchev–Trinajstić information content (AvgIpc) is 2.46. The Morgan fingerprint density at radius 2 is 1.57 bits per heavy atom. The van der Waals surface area contributed by atoms with Crippen molar-refractivity contribution in [3.05, 3.63) is 54.1 Å². The van der Waals surface area contributed by atoms with E-state index in [1.54, 1.807) is 18.2 Å². The van der Waals surface area contributed by atoms with Crippen LogP contribution in [0.4, 0.5) is 17.7 Å². The van der Waals surface area contributed by atoms with Gasteiger partial charge < -0.3 is 0 Å². The van der Waals surface area contributed by atoms with E-state index in [1.165, 1.54) is 12.1 Å². The molecular formula is C13H9F4NO2S. The Morgan fingerprint density at radius 1 is 0.952 bits per heavy atom. The van der Waals surface area contributed by atoms with E-state index in [0.717, 1.165) is 12.1 Å². The highest BCUT2D eigenvalue weighted by molar-refractivity contribution is 7.89. The molecule has 2 aromatic rings. The van der Waals surface area contributed by atoms with Crippen LogP contribution in [0.15, 0.2) is 53.4 Å². The van der Waals surface area contributed by atoms with Crippen LogP contribution >= 0.6 is 0 Å². The molecule has 0 amide bonds. The largest absolute Gasteiger partial charge is 0.416 e. The molecule has 1 N–H and O–H groups in total. The number of benzene rings is 2. The summed E-state index contributed by atoms with van der Waals surface area (Å²) in [6, 6.07) is 10.0. The van der Waals surface area contributed by atoms with Gasteiger partial charge in [0.2, 0.25) is 0 Å². The maximum atomic E-state index is 12.7. The van der Waals surface area contributed by atoms with Crippen LogP contribution in [0, 0.1) is 0 Å². The molecule has 3 nitrogen and oxygen atoms in total. The summed E-state index contributed by atoms with van der Waals surface area (Å²) in [5.41, 5.74) is -0.829. The molecule has 0 saturated heterocycles. The Bertz CT molecular complexity index is 743. The van der Waals surface area contributed by atoms with Gasteiger partial charge in [-0.2, -0.15) is 13.2 Å². The molecule has 21 heavy (non-hydrogen) atoms. The Hall–Kier alpha value is -1.93. The molecule has 2 rings (SSSR count). The molecule has 0 radical (unpaired) electrons. The molecule has 2 aromatic carbocycles. The lowest BCUT2D eigenvalue weighted by atomic mass is 10.0. The molecule has 112 valence electrons. The summed E-state index contributed by atoms with van der Waals surface area (Å²) in [4.78, 5) is -0.221. The van der Waals surface area contributed by atoms with Crippen molar-refractivity contribution in [2.24, 2.45) is 0 Å². The van der Waals surface area contributed by atoms with E-state index in [1.807, 2.05) is 0 Å². The average molecular weight is 319 g/mol. The molecule has 0 aliphatic rings. The lowest BCUT2D eigenvalue weighted by Gasteiger charge is -2.13. The van der Waals surface area contributed by atoms with Gasteiger partial charge in [-0.15, -0.1) is 4.48 Å². The molecule has 0 aliphatic carbocycles. The fraction of sp³-hybridized carbons (Fsp3) is 0.0769. The monoisotopic (exact) mass is 319 g/mol. The summed E-state index contributed by atoms with van der Waals surface area (Å²) < 4.78 is 73.8. The molecule has 0 unspecified atom stereocenters. The standard InChI is InChI=1S/C13H9F4NO2S/c14-13(15,16)10-6-7-11(9-4-2-1-3-5-9)12(8-10)21(19,20)18-17/h1-8,18H. The van der Waals surface area contributed by atoms with Crippen molar-refractivity contribution in [3.8, 4) is 11.1 Å². The van der Waals surface area contributed by atoms with Crippen molar-refractivity contribution in [1.29, 1.82) is 0 Å². The van der Waals surface area contributed by atoms with Crippen LogP contribution in [0.3, 0.4) is 0 Å². The van der Waals surface area contributed by atoms with E-state index < -0.39 is 26.7 Å². The number of nitrogens with one attached hydrogen (secondary N) is 1. The molecule has 0 spiro atoms. The van der Waals surface area contributed by atoms with E-state index >= 15 is 0 Å². The minimum atomic E-state index is -4.73. The Labute approximate surface area is 118 Å². The van der Waals surface area contributed by atoms with Crippen LogP contribution in [0.1, 0.15) is 5.56 Å². The topological polar surface area (TPSA) is 46.2 Å². The van der Waals surface area contributed by atoms with Gasteiger partial charge in [0.1, 0.15) is 0 Å². The third-order valence-corrected chi connectivity index (χ3v) is 3.90. The first-order valence-electron chi connectivity index (χ1n) is 5.65. The molecule has 0 fully saturated rings. The summed E-state index contributed by atoms with van der Waals surface area (Å²) in [6.45, 7) is 0. The lowest BCUT2D eigenvalue weighted by molar-refractivity contribution is -0.137. The van der Waals surface area contributed by atoms with Gasteiger partial charge in [-0.1, -0.05) is 36.4 Å².